The second-order valence-corrected chi connectivity index (χ2v) is 10.7. The van der Waals surface area contributed by atoms with E-state index in [1.54, 1.807) is 0 Å². The van der Waals surface area contributed by atoms with E-state index in [4.69, 9.17) is 4.74 Å². The van der Waals surface area contributed by atoms with Crippen LogP contribution in [0.4, 0.5) is 18.4 Å². The van der Waals surface area contributed by atoms with E-state index in [1.165, 1.54) is 7.11 Å². The highest BCUT2D eigenvalue weighted by atomic mass is 19.2. The Bertz CT molecular complexity index is 1330. The fourth-order valence-electron chi connectivity index (χ4n) is 6.22. The number of likely N-dealkylation sites (tertiary alicyclic amines) is 1. The largest absolute Gasteiger partial charge is 0.478 e. The number of carbonyl (C=O) groups excluding carboxylic acids is 2. The van der Waals surface area contributed by atoms with Gasteiger partial charge in [0.1, 0.15) is 6.04 Å². The van der Waals surface area contributed by atoms with Gasteiger partial charge in [0.25, 0.3) is 0 Å². The number of urea groups is 2. The Morgan fingerprint density at radius 1 is 1.12 bits per heavy atom. The number of hydrogen-bond donors (Lipinski definition) is 3. The van der Waals surface area contributed by atoms with Gasteiger partial charge >= 0.3 is 18.0 Å². The Morgan fingerprint density at radius 3 is 2.56 bits per heavy atom. The van der Waals surface area contributed by atoms with Crippen LogP contribution >= 0.6 is 0 Å². The highest BCUT2D eigenvalue weighted by molar-refractivity contribution is 6.01. The average Bonchev–Trinajstić information content (AvgIpc) is 3.43. The zero-order chi connectivity index (χ0) is 29.1. The minimum absolute atomic E-state index is 0.0556. The number of aliphatic carboxylic acids is 1. The Kier molecular flexibility index (Phi) is 8.60. The van der Waals surface area contributed by atoms with Crippen LogP contribution in [0.15, 0.2) is 53.9 Å². The summed E-state index contributed by atoms with van der Waals surface area (Å²) < 4.78 is 33.0. The lowest BCUT2D eigenvalue weighted by atomic mass is 9.92. The number of piperidine rings is 1. The van der Waals surface area contributed by atoms with Gasteiger partial charge in [-0.2, -0.15) is 0 Å². The summed E-state index contributed by atoms with van der Waals surface area (Å²) >= 11 is 0. The van der Waals surface area contributed by atoms with Crippen LogP contribution in [0.2, 0.25) is 0 Å². The van der Waals surface area contributed by atoms with Crippen molar-refractivity contribution in [1.29, 1.82) is 0 Å². The number of rotatable bonds is 7. The molecule has 2 aromatic rings. The lowest BCUT2D eigenvalue weighted by molar-refractivity contribution is -0.133. The predicted molar refractivity (Wildman–Crippen MR) is 144 cm³/mol. The molecule has 0 unspecified atom stereocenters. The molecule has 3 aliphatic rings. The zero-order valence-corrected chi connectivity index (χ0v) is 22.7. The van der Waals surface area contributed by atoms with Crippen LogP contribution < -0.4 is 10.6 Å². The summed E-state index contributed by atoms with van der Waals surface area (Å²) in [5.41, 5.74) is 0.619. The van der Waals surface area contributed by atoms with E-state index < -0.39 is 35.7 Å². The molecule has 1 aromatic heterocycles. The number of imide groups is 1. The van der Waals surface area contributed by atoms with Crippen molar-refractivity contribution in [1.82, 2.24) is 25.4 Å². The van der Waals surface area contributed by atoms with Crippen molar-refractivity contribution in [3.05, 3.63) is 76.8 Å². The molecule has 41 heavy (non-hydrogen) atoms. The molecule has 10 nitrogen and oxygen atoms in total. The van der Waals surface area contributed by atoms with Gasteiger partial charge in [-0.3, -0.25) is 4.98 Å². The van der Waals surface area contributed by atoms with Crippen molar-refractivity contribution >= 4 is 18.0 Å². The van der Waals surface area contributed by atoms with Crippen molar-refractivity contribution in [3.63, 3.8) is 0 Å². The molecule has 218 valence electrons. The van der Waals surface area contributed by atoms with Gasteiger partial charge in [0.2, 0.25) is 0 Å². The normalized spacial score (nSPS) is 23.9. The minimum atomic E-state index is -1.50. The Balaban J connectivity index is 1.29. The van der Waals surface area contributed by atoms with Crippen LogP contribution in [0.3, 0.4) is 0 Å². The summed E-state index contributed by atoms with van der Waals surface area (Å²) in [6.45, 7) is 1.59. The standard InChI is InChI=1S/C29H33F2N5O5/c1-41-16-24-25(27(37)38)26(18-5-8-21(30)22(31)14-18)36(29(40)34-24)28(39)33-19-6-7-20(15-19)35-12-9-17(10-13-35)23-4-2-3-11-32-23/h2-5,8,11,14,17,19-20,26H,6-7,9-10,12-13,15-16H2,1H3,(H,33,39)(H,34,40)(H,37,38)/t19-,20-,26+/m1/s1. The van der Waals surface area contributed by atoms with E-state index in [9.17, 15) is 28.3 Å². The van der Waals surface area contributed by atoms with Crippen molar-refractivity contribution in [2.75, 3.05) is 26.8 Å². The maximum absolute atomic E-state index is 14.2. The number of carboxylic acids is 1. The highest BCUT2D eigenvalue weighted by Crippen LogP contribution is 2.36. The third kappa shape index (κ3) is 6.08. The number of methoxy groups -OCH3 is 1. The number of halogens is 2. The fourth-order valence-corrected chi connectivity index (χ4v) is 6.22. The summed E-state index contributed by atoms with van der Waals surface area (Å²) in [5, 5.41) is 15.3. The van der Waals surface area contributed by atoms with Crippen LogP contribution in [-0.2, 0) is 9.53 Å². The van der Waals surface area contributed by atoms with Crippen LogP contribution in [0.5, 0.6) is 0 Å². The van der Waals surface area contributed by atoms with E-state index in [-0.39, 0.29) is 35.5 Å². The molecule has 1 saturated carbocycles. The summed E-state index contributed by atoms with van der Waals surface area (Å²) in [5.74, 6) is -3.37. The fraction of sp³-hybridized carbons (Fsp3) is 0.448. The van der Waals surface area contributed by atoms with Gasteiger partial charge in [0.05, 0.1) is 17.9 Å². The SMILES string of the molecule is COCC1=C(C(=O)O)[C@H](c2ccc(F)c(F)c2)N(C(=O)N[C@@H]2CC[C@@H](N3CCC(c4ccccn4)CC3)C2)C(=O)N1. The molecular formula is C29H33F2N5O5. The molecule has 3 heterocycles. The van der Waals surface area contributed by atoms with Gasteiger partial charge in [0, 0.05) is 37.0 Å². The monoisotopic (exact) mass is 569 g/mol. The number of benzene rings is 1. The first-order valence-electron chi connectivity index (χ1n) is 13.7. The number of ether oxygens (including phenoxy) is 1. The van der Waals surface area contributed by atoms with Gasteiger partial charge in [-0.05, 0) is 75.0 Å². The lowest BCUT2D eigenvalue weighted by Gasteiger charge is -2.37. The maximum atomic E-state index is 14.2. The van der Waals surface area contributed by atoms with Crippen LogP contribution in [-0.4, -0.2) is 76.8 Å². The Labute approximate surface area is 236 Å². The molecule has 1 aliphatic carbocycles. The number of nitrogens with one attached hydrogen (secondary N) is 2. The first kappa shape index (κ1) is 28.6. The molecule has 0 bridgehead atoms. The molecule has 3 N–H and O–H groups in total. The number of carboxylic acid groups (broad SMARTS) is 1. The molecule has 5 rings (SSSR count). The number of nitrogens with zero attached hydrogens (tertiary/aromatic N) is 3. The summed E-state index contributed by atoms with van der Waals surface area (Å²) in [4.78, 5) is 46.7. The Morgan fingerprint density at radius 2 is 1.90 bits per heavy atom. The van der Waals surface area contributed by atoms with E-state index in [1.807, 2.05) is 18.3 Å². The number of pyridine rings is 1. The van der Waals surface area contributed by atoms with Gasteiger partial charge < -0.3 is 25.4 Å². The number of amides is 4. The third-order valence-corrected chi connectivity index (χ3v) is 8.22. The topological polar surface area (TPSA) is 124 Å². The highest BCUT2D eigenvalue weighted by Gasteiger charge is 2.44. The second kappa shape index (κ2) is 12.3. The van der Waals surface area contributed by atoms with Crippen LogP contribution in [0.25, 0.3) is 0 Å². The van der Waals surface area contributed by atoms with Crippen molar-refractivity contribution in [2.45, 2.75) is 56.1 Å². The number of hydrogen-bond acceptors (Lipinski definition) is 6. The molecule has 0 radical (unpaired) electrons. The van der Waals surface area contributed by atoms with Crippen molar-refractivity contribution in [3.8, 4) is 0 Å². The Hall–Kier alpha value is -3.90. The number of aromatic nitrogens is 1. The van der Waals surface area contributed by atoms with Crippen molar-refractivity contribution in [2.24, 2.45) is 0 Å². The molecule has 2 fully saturated rings. The smallest absolute Gasteiger partial charge is 0.335 e. The van der Waals surface area contributed by atoms with Gasteiger partial charge in [0.15, 0.2) is 11.6 Å². The zero-order valence-electron chi connectivity index (χ0n) is 22.7. The quantitative estimate of drug-likeness (QED) is 0.462. The summed E-state index contributed by atoms with van der Waals surface area (Å²) in [6, 6.07) is 5.61. The molecule has 2 aliphatic heterocycles. The van der Waals surface area contributed by atoms with E-state index in [2.05, 4.69) is 26.6 Å². The molecule has 0 spiro atoms. The van der Waals surface area contributed by atoms with E-state index >= 15 is 0 Å². The van der Waals surface area contributed by atoms with E-state index in [0.29, 0.717) is 18.8 Å². The van der Waals surface area contributed by atoms with Gasteiger partial charge in [-0.25, -0.2) is 28.1 Å². The summed E-state index contributed by atoms with van der Waals surface area (Å²) in [7, 11) is 1.32. The molecule has 1 saturated heterocycles. The van der Waals surface area contributed by atoms with Crippen LogP contribution in [0.1, 0.15) is 55.3 Å². The van der Waals surface area contributed by atoms with E-state index in [0.717, 1.165) is 61.1 Å². The summed E-state index contributed by atoms with van der Waals surface area (Å²) in [6.07, 6.45) is 6.07. The number of carbonyl (C=O) groups is 3. The molecule has 3 atom stereocenters. The molecule has 4 amide bonds. The second-order valence-electron chi connectivity index (χ2n) is 10.7. The molecule has 12 heteroatoms. The van der Waals surface area contributed by atoms with Crippen molar-refractivity contribution < 1.29 is 33.0 Å². The predicted octanol–water partition coefficient (Wildman–Crippen LogP) is 3.92. The maximum Gasteiger partial charge on any atom is 0.335 e. The van der Waals surface area contributed by atoms with Gasteiger partial charge in [-0.1, -0.05) is 12.1 Å². The lowest BCUT2D eigenvalue weighted by Crippen LogP contribution is -2.56. The minimum Gasteiger partial charge on any atom is -0.478 e. The molecular weight excluding hydrogens is 536 g/mol. The average molecular weight is 570 g/mol. The first-order valence-corrected chi connectivity index (χ1v) is 13.7. The van der Waals surface area contributed by atoms with Crippen LogP contribution in [0, 0.1) is 11.6 Å². The van der Waals surface area contributed by atoms with Gasteiger partial charge in [-0.15, -0.1) is 0 Å². The first-order chi connectivity index (χ1) is 19.8. The third-order valence-electron chi connectivity index (χ3n) is 8.22. The molecule has 1 aromatic carbocycles.